The number of rotatable bonds is 9. The van der Waals surface area contributed by atoms with Crippen LogP contribution < -0.4 is 0 Å². The first-order valence-corrected chi connectivity index (χ1v) is 9.36. The molecule has 1 amide bonds. The Balaban J connectivity index is 2.25. The molecule has 0 aromatic heterocycles. The maximum absolute atomic E-state index is 12.7. The number of carbonyl (C=O) groups is 1. The zero-order valence-corrected chi connectivity index (χ0v) is 16.3. The standard InChI is InChI=1S/C20H23Cl2NO4/c21-17-7-6-16(13-18(17)22)20(27,8-10-24)14-23(9-11-25)19(26)12-15-4-2-1-3-5-15/h1-7,13,24-25,27H,8-12,14H2/t20-/m0/s1. The van der Waals surface area contributed by atoms with Crippen molar-refractivity contribution in [3.63, 3.8) is 0 Å². The van der Waals surface area contributed by atoms with E-state index in [2.05, 4.69) is 0 Å². The van der Waals surface area contributed by atoms with Crippen LogP contribution in [0.4, 0.5) is 0 Å². The van der Waals surface area contributed by atoms with Gasteiger partial charge in [-0.25, -0.2) is 0 Å². The number of nitrogens with zero attached hydrogens (tertiary/aromatic N) is 1. The van der Waals surface area contributed by atoms with Crippen LogP contribution in [-0.4, -0.2) is 52.4 Å². The lowest BCUT2D eigenvalue weighted by molar-refractivity contribution is -0.135. The second-order valence-corrected chi connectivity index (χ2v) is 7.15. The Hall–Kier alpha value is -1.63. The SMILES string of the molecule is O=C(Cc1ccccc1)N(CCO)C[C@@](O)(CCO)c1ccc(Cl)c(Cl)c1. The van der Waals surface area contributed by atoms with Gasteiger partial charge in [0, 0.05) is 19.6 Å². The van der Waals surface area contributed by atoms with Gasteiger partial charge in [0.1, 0.15) is 5.60 Å². The predicted octanol–water partition coefficient (Wildman–Crippen LogP) is 2.63. The van der Waals surface area contributed by atoms with Crippen LogP contribution in [0.3, 0.4) is 0 Å². The number of aliphatic hydroxyl groups excluding tert-OH is 2. The first-order valence-electron chi connectivity index (χ1n) is 8.61. The minimum atomic E-state index is -1.52. The lowest BCUT2D eigenvalue weighted by Crippen LogP contribution is -2.46. The topological polar surface area (TPSA) is 81.0 Å². The molecule has 0 aliphatic rings. The van der Waals surface area contributed by atoms with Crippen molar-refractivity contribution in [2.75, 3.05) is 26.3 Å². The average Bonchev–Trinajstić information content (AvgIpc) is 2.64. The van der Waals surface area contributed by atoms with E-state index in [0.717, 1.165) is 5.56 Å². The third kappa shape index (κ3) is 5.92. The highest BCUT2D eigenvalue weighted by Gasteiger charge is 2.33. The zero-order valence-electron chi connectivity index (χ0n) is 14.8. The molecule has 3 N–H and O–H groups in total. The number of benzene rings is 2. The summed E-state index contributed by atoms with van der Waals surface area (Å²) in [6, 6.07) is 13.9. The third-order valence-corrected chi connectivity index (χ3v) is 5.09. The minimum Gasteiger partial charge on any atom is -0.396 e. The van der Waals surface area contributed by atoms with Crippen LogP contribution in [0.25, 0.3) is 0 Å². The average molecular weight is 412 g/mol. The van der Waals surface area contributed by atoms with Gasteiger partial charge in [0.25, 0.3) is 0 Å². The monoisotopic (exact) mass is 411 g/mol. The summed E-state index contributed by atoms with van der Waals surface area (Å²) in [6.07, 6.45) is 0.156. The summed E-state index contributed by atoms with van der Waals surface area (Å²) in [6.45, 7) is -0.536. The molecule has 0 spiro atoms. The van der Waals surface area contributed by atoms with Crippen molar-refractivity contribution in [2.24, 2.45) is 0 Å². The van der Waals surface area contributed by atoms with Crippen molar-refractivity contribution >= 4 is 29.1 Å². The van der Waals surface area contributed by atoms with Crippen LogP contribution in [0.2, 0.25) is 10.0 Å². The summed E-state index contributed by atoms with van der Waals surface area (Å²) >= 11 is 12.0. The molecule has 5 nitrogen and oxygen atoms in total. The van der Waals surface area contributed by atoms with Crippen molar-refractivity contribution in [3.05, 3.63) is 69.7 Å². The van der Waals surface area contributed by atoms with Gasteiger partial charge in [-0.3, -0.25) is 4.79 Å². The molecule has 0 saturated heterocycles. The summed E-state index contributed by atoms with van der Waals surface area (Å²) in [5, 5.41) is 30.6. The van der Waals surface area contributed by atoms with E-state index in [1.807, 2.05) is 30.3 Å². The maximum Gasteiger partial charge on any atom is 0.227 e. The third-order valence-electron chi connectivity index (χ3n) is 4.36. The van der Waals surface area contributed by atoms with E-state index in [9.17, 15) is 20.1 Å². The number of halogens is 2. The van der Waals surface area contributed by atoms with Gasteiger partial charge < -0.3 is 20.2 Å². The minimum absolute atomic E-state index is 0.00546. The summed E-state index contributed by atoms with van der Waals surface area (Å²) in [4.78, 5) is 14.1. The molecule has 0 saturated carbocycles. The van der Waals surface area contributed by atoms with E-state index in [-0.39, 0.29) is 50.1 Å². The fourth-order valence-corrected chi connectivity index (χ4v) is 3.19. The van der Waals surface area contributed by atoms with Gasteiger partial charge in [-0.05, 0) is 23.3 Å². The largest absolute Gasteiger partial charge is 0.396 e. The molecular formula is C20H23Cl2NO4. The molecule has 0 unspecified atom stereocenters. The highest BCUT2D eigenvalue weighted by molar-refractivity contribution is 6.42. The van der Waals surface area contributed by atoms with Crippen molar-refractivity contribution in [3.8, 4) is 0 Å². The molecule has 0 fully saturated rings. The Labute approximate surface area is 168 Å². The molecule has 0 aliphatic heterocycles. The van der Waals surface area contributed by atoms with Crippen LogP contribution in [0.1, 0.15) is 17.5 Å². The summed E-state index contributed by atoms with van der Waals surface area (Å²) in [7, 11) is 0. The molecule has 2 rings (SSSR count). The lowest BCUT2D eigenvalue weighted by atomic mass is 9.89. The summed E-state index contributed by atoms with van der Waals surface area (Å²) in [5.74, 6) is -0.230. The highest BCUT2D eigenvalue weighted by Crippen LogP contribution is 2.31. The van der Waals surface area contributed by atoms with Crippen molar-refractivity contribution in [2.45, 2.75) is 18.4 Å². The van der Waals surface area contributed by atoms with Crippen LogP contribution in [0.5, 0.6) is 0 Å². The Kier molecular flexibility index (Phi) is 8.07. The molecule has 2 aromatic carbocycles. The molecule has 1 atom stereocenters. The smallest absolute Gasteiger partial charge is 0.227 e. The van der Waals surface area contributed by atoms with E-state index in [1.54, 1.807) is 12.1 Å². The number of hydrogen-bond donors (Lipinski definition) is 3. The zero-order chi connectivity index (χ0) is 19.9. The highest BCUT2D eigenvalue weighted by atomic mass is 35.5. The Bertz CT molecular complexity index is 757. The quantitative estimate of drug-likeness (QED) is 0.592. The maximum atomic E-state index is 12.7. The van der Waals surface area contributed by atoms with E-state index in [4.69, 9.17) is 23.2 Å². The molecule has 7 heteroatoms. The molecule has 27 heavy (non-hydrogen) atoms. The normalized spacial score (nSPS) is 13.2. The first kappa shape index (κ1) is 21.7. The number of aliphatic hydroxyl groups is 3. The van der Waals surface area contributed by atoms with Crippen molar-refractivity contribution < 1.29 is 20.1 Å². The number of hydrogen-bond acceptors (Lipinski definition) is 4. The van der Waals surface area contributed by atoms with Gasteiger partial charge in [-0.15, -0.1) is 0 Å². The van der Waals surface area contributed by atoms with Gasteiger partial charge in [-0.2, -0.15) is 0 Å². The van der Waals surface area contributed by atoms with Crippen molar-refractivity contribution in [1.29, 1.82) is 0 Å². The molecule has 0 aliphatic carbocycles. The molecule has 0 heterocycles. The van der Waals surface area contributed by atoms with Gasteiger partial charge in [-0.1, -0.05) is 59.6 Å². The second kappa shape index (κ2) is 10.1. The number of carbonyl (C=O) groups excluding carboxylic acids is 1. The Morgan fingerprint density at radius 3 is 2.30 bits per heavy atom. The van der Waals surface area contributed by atoms with Gasteiger partial charge >= 0.3 is 0 Å². The van der Waals surface area contributed by atoms with Crippen LogP contribution >= 0.6 is 23.2 Å². The molecule has 0 bridgehead atoms. The van der Waals surface area contributed by atoms with Gasteiger partial charge in [0.05, 0.1) is 29.6 Å². The van der Waals surface area contributed by atoms with Gasteiger partial charge in [0.15, 0.2) is 0 Å². The molecular weight excluding hydrogens is 389 g/mol. The Morgan fingerprint density at radius 1 is 1.00 bits per heavy atom. The van der Waals surface area contributed by atoms with E-state index < -0.39 is 5.60 Å². The fraction of sp³-hybridized carbons (Fsp3) is 0.350. The van der Waals surface area contributed by atoms with E-state index in [1.165, 1.54) is 11.0 Å². The molecule has 0 radical (unpaired) electrons. The molecule has 2 aromatic rings. The van der Waals surface area contributed by atoms with Crippen LogP contribution in [0.15, 0.2) is 48.5 Å². The lowest BCUT2D eigenvalue weighted by Gasteiger charge is -2.34. The summed E-state index contributed by atoms with van der Waals surface area (Å²) < 4.78 is 0. The summed E-state index contributed by atoms with van der Waals surface area (Å²) in [5.41, 5.74) is -0.239. The predicted molar refractivity (Wildman–Crippen MR) is 106 cm³/mol. The van der Waals surface area contributed by atoms with Crippen LogP contribution in [-0.2, 0) is 16.8 Å². The second-order valence-electron chi connectivity index (χ2n) is 6.34. The number of amides is 1. The Morgan fingerprint density at radius 2 is 1.70 bits per heavy atom. The fourth-order valence-electron chi connectivity index (χ4n) is 2.90. The molecule has 146 valence electrons. The van der Waals surface area contributed by atoms with Gasteiger partial charge in [0.2, 0.25) is 5.91 Å². The van der Waals surface area contributed by atoms with E-state index >= 15 is 0 Å². The van der Waals surface area contributed by atoms with E-state index in [0.29, 0.717) is 10.6 Å². The van der Waals surface area contributed by atoms with Crippen LogP contribution in [0, 0.1) is 0 Å². The van der Waals surface area contributed by atoms with Crippen molar-refractivity contribution in [1.82, 2.24) is 4.90 Å². The first-order chi connectivity index (χ1) is 12.9.